The van der Waals surface area contributed by atoms with Gasteiger partial charge in [0.2, 0.25) is 0 Å². The minimum atomic E-state index is -0.572. The van der Waals surface area contributed by atoms with E-state index < -0.39 is 6.10 Å². The van der Waals surface area contributed by atoms with Crippen LogP contribution in [0, 0.1) is 0 Å². The van der Waals surface area contributed by atoms with Gasteiger partial charge in [-0.2, -0.15) is 0 Å². The lowest BCUT2D eigenvalue weighted by Crippen LogP contribution is -2.32. The Morgan fingerprint density at radius 1 is 1.79 bits per heavy atom. The number of nitrogens with one attached hydrogen (secondary N) is 1. The molecule has 1 atom stereocenters. The molecule has 0 aliphatic heterocycles. The molecule has 0 fully saturated rings. The van der Waals surface area contributed by atoms with Crippen LogP contribution >= 0.6 is 38.9 Å². The van der Waals surface area contributed by atoms with Crippen LogP contribution < -0.4 is 5.32 Å². The second-order valence-corrected chi connectivity index (χ2v) is 4.59. The summed E-state index contributed by atoms with van der Waals surface area (Å²) in [7, 11) is 0. The van der Waals surface area contributed by atoms with Crippen LogP contribution in [-0.2, 0) is 0 Å². The number of carbonyl (C=O) groups is 1. The molecular formula is C8H9BrClNO2S. The predicted octanol–water partition coefficient (Wildman–Crippen LogP) is 1.89. The second-order valence-electron chi connectivity index (χ2n) is 2.62. The first kappa shape index (κ1) is 12.0. The van der Waals surface area contributed by atoms with Crippen LogP contribution in [-0.4, -0.2) is 29.0 Å². The summed E-state index contributed by atoms with van der Waals surface area (Å²) in [5.74, 6) is -0.245. The highest BCUT2D eigenvalue weighted by Gasteiger charge is 2.12. The summed E-state index contributed by atoms with van der Waals surface area (Å²) in [5.41, 5.74) is 0. The number of alkyl halides is 1. The van der Waals surface area contributed by atoms with Crippen LogP contribution in [0.2, 0.25) is 5.02 Å². The molecule has 3 nitrogen and oxygen atoms in total. The van der Waals surface area contributed by atoms with Crippen LogP contribution in [0.15, 0.2) is 11.4 Å². The monoisotopic (exact) mass is 297 g/mol. The Balaban J connectivity index is 2.47. The average Bonchev–Trinajstić information content (AvgIpc) is 2.60. The van der Waals surface area contributed by atoms with Crippen molar-refractivity contribution >= 4 is 44.8 Å². The molecule has 1 amide bonds. The maximum atomic E-state index is 11.4. The lowest BCUT2D eigenvalue weighted by molar-refractivity contribution is 0.0930. The quantitative estimate of drug-likeness (QED) is 0.834. The number of carbonyl (C=O) groups excluding carboxylic acids is 1. The maximum absolute atomic E-state index is 11.4. The van der Waals surface area contributed by atoms with E-state index in [0.717, 1.165) is 0 Å². The molecule has 0 aliphatic rings. The smallest absolute Gasteiger partial charge is 0.262 e. The highest BCUT2D eigenvalue weighted by atomic mass is 79.9. The van der Waals surface area contributed by atoms with E-state index in [1.165, 1.54) is 11.3 Å². The summed E-state index contributed by atoms with van der Waals surface area (Å²) < 4.78 is 0. The third-order valence-electron chi connectivity index (χ3n) is 1.50. The van der Waals surface area contributed by atoms with Crippen molar-refractivity contribution in [2.45, 2.75) is 6.10 Å². The number of amides is 1. The van der Waals surface area contributed by atoms with Crippen molar-refractivity contribution < 1.29 is 9.90 Å². The SMILES string of the molecule is O=C(NC[C@H](O)CBr)c1sccc1Cl. The van der Waals surface area contributed by atoms with Crippen LogP contribution in [0.5, 0.6) is 0 Å². The van der Waals surface area contributed by atoms with Gasteiger partial charge in [-0.3, -0.25) is 4.79 Å². The van der Waals surface area contributed by atoms with Crippen molar-refractivity contribution in [2.75, 3.05) is 11.9 Å². The van der Waals surface area contributed by atoms with Gasteiger partial charge in [0, 0.05) is 11.9 Å². The Labute approximate surface area is 99.2 Å². The normalized spacial score (nSPS) is 12.5. The van der Waals surface area contributed by atoms with E-state index in [9.17, 15) is 9.90 Å². The van der Waals surface area contributed by atoms with E-state index in [2.05, 4.69) is 21.2 Å². The van der Waals surface area contributed by atoms with Gasteiger partial charge in [-0.05, 0) is 11.4 Å². The van der Waals surface area contributed by atoms with E-state index in [0.29, 0.717) is 15.2 Å². The Kier molecular flexibility index (Phi) is 4.88. The molecule has 1 aromatic heterocycles. The van der Waals surface area contributed by atoms with Gasteiger partial charge in [-0.1, -0.05) is 27.5 Å². The van der Waals surface area contributed by atoms with Crippen molar-refractivity contribution in [2.24, 2.45) is 0 Å². The molecule has 0 aliphatic carbocycles. The third kappa shape index (κ3) is 3.24. The van der Waals surface area contributed by atoms with Crippen LogP contribution in [0.1, 0.15) is 9.67 Å². The van der Waals surface area contributed by atoms with E-state index in [1.807, 2.05) is 0 Å². The number of aliphatic hydroxyl groups is 1. The lowest BCUT2D eigenvalue weighted by Gasteiger charge is -2.07. The molecule has 0 spiro atoms. The van der Waals surface area contributed by atoms with Crippen molar-refractivity contribution in [3.63, 3.8) is 0 Å². The fraction of sp³-hybridized carbons (Fsp3) is 0.375. The minimum absolute atomic E-state index is 0.221. The molecule has 0 aromatic carbocycles. The van der Waals surface area contributed by atoms with Gasteiger partial charge < -0.3 is 10.4 Å². The lowest BCUT2D eigenvalue weighted by atomic mass is 10.4. The number of aliphatic hydroxyl groups excluding tert-OH is 1. The van der Waals surface area contributed by atoms with Crippen LogP contribution in [0.3, 0.4) is 0 Å². The van der Waals surface area contributed by atoms with Gasteiger partial charge in [0.15, 0.2) is 0 Å². The number of hydrogen-bond acceptors (Lipinski definition) is 3. The highest BCUT2D eigenvalue weighted by molar-refractivity contribution is 9.09. The molecule has 0 unspecified atom stereocenters. The molecule has 0 saturated heterocycles. The third-order valence-corrected chi connectivity index (χ3v) is 3.59. The Hall–Kier alpha value is -0.100. The van der Waals surface area contributed by atoms with E-state index in [4.69, 9.17) is 11.6 Å². The maximum Gasteiger partial charge on any atom is 0.262 e. The summed E-state index contributed by atoms with van der Waals surface area (Å²) in [4.78, 5) is 11.9. The number of halogens is 2. The Morgan fingerprint density at radius 2 is 2.50 bits per heavy atom. The molecule has 6 heteroatoms. The van der Waals surface area contributed by atoms with E-state index in [-0.39, 0.29) is 12.5 Å². The van der Waals surface area contributed by atoms with Gasteiger partial charge in [-0.25, -0.2) is 0 Å². The summed E-state index contributed by atoms with van der Waals surface area (Å²) in [6, 6.07) is 1.67. The fourth-order valence-corrected chi connectivity index (χ4v) is 2.09. The van der Waals surface area contributed by atoms with E-state index >= 15 is 0 Å². The molecule has 0 radical (unpaired) electrons. The van der Waals surface area contributed by atoms with Crippen molar-refractivity contribution in [1.29, 1.82) is 0 Å². The molecule has 1 rings (SSSR count). The number of thiophene rings is 1. The van der Waals surface area contributed by atoms with Gasteiger partial charge in [0.05, 0.1) is 11.1 Å². The first-order chi connectivity index (χ1) is 6.65. The minimum Gasteiger partial charge on any atom is -0.390 e. The first-order valence-electron chi connectivity index (χ1n) is 3.90. The van der Waals surface area contributed by atoms with Gasteiger partial charge >= 0.3 is 0 Å². The fourth-order valence-electron chi connectivity index (χ4n) is 0.801. The number of rotatable bonds is 4. The van der Waals surface area contributed by atoms with Gasteiger partial charge in [-0.15, -0.1) is 11.3 Å². The largest absolute Gasteiger partial charge is 0.390 e. The molecule has 78 valence electrons. The van der Waals surface area contributed by atoms with Gasteiger partial charge in [0.1, 0.15) is 4.88 Å². The molecule has 1 heterocycles. The number of hydrogen-bond donors (Lipinski definition) is 2. The molecular weight excluding hydrogens is 290 g/mol. The van der Waals surface area contributed by atoms with Crippen LogP contribution in [0.25, 0.3) is 0 Å². The zero-order valence-corrected chi connectivity index (χ0v) is 10.3. The zero-order valence-electron chi connectivity index (χ0n) is 7.17. The summed E-state index contributed by atoms with van der Waals surface area (Å²) in [5, 5.41) is 14.4. The summed E-state index contributed by atoms with van der Waals surface area (Å²) >= 11 is 10.1. The van der Waals surface area contributed by atoms with E-state index in [1.54, 1.807) is 11.4 Å². The highest BCUT2D eigenvalue weighted by Crippen LogP contribution is 2.21. The zero-order chi connectivity index (χ0) is 10.6. The van der Waals surface area contributed by atoms with Gasteiger partial charge in [0.25, 0.3) is 5.91 Å². The Morgan fingerprint density at radius 3 is 3.00 bits per heavy atom. The predicted molar refractivity (Wildman–Crippen MR) is 61.5 cm³/mol. The van der Waals surface area contributed by atoms with Crippen LogP contribution in [0.4, 0.5) is 0 Å². The molecule has 2 N–H and O–H groups in total. The Bertz CT molecular complexity index is 318. The van der Waals surface area contributed by atoms with Crippen molar-refractivity contribution in [1.82, 2.24) is 5.32 Å². The molecule has 0 bridgehead atoms. The van der Waals surface area contributed by atoms with Crippen molar-refractivity contribution in [3.05, 3.63) is 21.3 Å². The second kappa shape index (κ2) is 5.70. The summed E-state index contributed by atoms with van der Waals surface area (Å²) in [6.07, 6.45) is -0.572. The molecule has 1 aromatic rings. The molecule has 14 heavy (non-hydrogen) atoms. The standard InChI is InChI=1S/C8H9BrClNO2S/c9-3-5(12)4-11-8(13)7-6(10)1-2-14-7/h1-2,5,12H,3-4H2,(H,11,13)/t5-/m1/s1. The average molecular weight is 299 g/mol. The summed E-state index contributed by atoms with van der Waals surface area (Å²) in [6.45, 7) is 0.221. The first-order valence-corrected chi connectivity index (χ1v) is 6.28. The molecule has 0 saturated carbocycles. The topological polar surface area (TPSA) is 49.3 Å². The van der Waals surface area contributed by atoms with Crippen molar-refractivity contribution in [3.8, 4) is 0 Å².